The lowest BCUT2D eigenvalue weighted by Gasteiger charge is -2.40. The maximum atomic E-state index is 14.4. The molecule has 4 heterocycles. The van der Waals surface area contributed by atoms with Crippen LogP contribution in [-0.2, 0) is 11.2 Å². The van der Waals surface area contributed by atoms with E-state index in [1.807, 2.05) is 19.9 Å². The average Bonchev–Trinajstić information content (AvgIpc) is 3.15. The number of piperidine rings is 2. The summed E-state index contributed by atoms with van der Waals surface area (Å²) in [7, 11) is 1.54. The summed E-state index contributed by atoms with van der Waals surface area (Å²) in [5, 5.41) is 42.7. The number of rotatable bonds is 12. The highest BCUT2D eigenvalue weighted by molar-refractivity contribution is 5.91. The van der Waals surface area contributed by atoms with Crippen LogP contribution >= 0.6 is 0 Å². The van der Waals surface area contributed by atoms with Crippen molar-refractivity contribution in [2.45, 2.75) is 102 Å². The van der Waals surface area contributed by atoms with Crippen LogP contribution in [0.2, 0.25) is 0 Å². The SMILES string of the molecule is COc1ccc(-c2oc3c(CC=C(C)C)c(OCCCN4CCC(N5CCCCC5)CC4)cc(O)c3c(=O)c2O[C@H]2O[C@H](C)[C@@H](O)[C@H](O)[C@@H]2O)cc1. The number of nitrogens with zero attached hydrogens (tertiary/aromatic N) is 2. The molecule has 4 N–H and O–H groups in total. The number of aromatic hydroxyl groups is 1. The van der Waals surface area contributed by atoms with Crippen molar-refractivity contribution in [2.75, 3.05) is 46.4 Å². The van der Waals surface area contributed by atoms with E-state index in [1.165, 1.54) is 58.2 Å². The molecule has 0 spiro atoms. The highest BCUT2D eigenvalue weighted by Crippen LogP contribution is 2.41. The zero-order valence-corrected chi connectivity index (χ0v) is 30.8. The van der Waals surface area contributed by atoms with Crippen molar-refractivity contribution in [3.05, 3.63) is 57.8 Å². The molecule has 2 aromatic carbocycles. The number of allylic oxidation sites excluding steroid dienone is 2. The minimum Gasteiger partial charge on any atom is -0.507 e. The Balaban J connectivity index is 1.29. The number of aliphatic hydroxyl groups is 3. The third-order valence-electron chi connectivity index (χ3n) is 10.6. The van der Waals surface area contributed by atoms with Gasteiger partial charge in [0, 0.05) is 29.8 Å². The minimum atomic E-state index is -1.68. The third-order valence-corrected chi connectivity index (χ3v) is 10.6. The number of likely N-dealkylation sites (tertiary alicyclic amines) is 2. The van der Waals surface area contributed by atoms with E-state index in [0.717, 1.165) is 31.6 Å². The van der Waals surface area contributed by atoms with Gasteiger partial charge in [-0.05, 0) is 110 Å². The van der Waals surface area contributed by atoms with Crippen molar-refractivity contribution in [1.82, 2.24) is 9.80 Å². The first-order valence-electron chi connectivity index (χ1n) is 18.6. The van der Waals surface area contributed by atoms with Crippen molar-refractivity contribution in [1.29, 1.82) is 0 Å². The van der Waals surface area contributed by atoms with Gasteiger partial charge in [-0.15, -0.1) is 0 Å². The van der Waals surface area contributed by atoms with Gasteiger partial charge in [-0.1, -0.05) is 18.1 Å². The van der Waals surface area contributed by atoms with Crippen LogP contribution in [0.4, 0.5) is 0 Å². The van der Waals surface area contributed by atoms with Gasteiger partial charge in [0.1, 0.15) is 46.5 Å². The first-order valence-corrected chi connectivity index (χ1v) is 18.6. The van der Waals surface area contributed by atoms with Crippen molar-refractivity contribution < 1.29 is 43.8 Å². The Labute approximate surface area is 305 Å². The molecule has 12 heteroatoms. The quantitative estimate of drug-likeness (QED) is 0.153. The van der Waals surface area contributed by atoms with Crippen molar-refractivity contribution in [3.63, 3.8) is 0 Å². The number of phenolic OH excluding ortho intramolecular Hbond substituents is 1. The monoisotopic (exact) mass is 722 g/mol. The molecule has 0 unspecified atom stereocenters. The Bertz CT molecular complexity index is 1740. The maximum absolute atomic E-state index is 14.4. The molecule has 52 heavy (non-hydrogen) atoms. The molecule has 3 aromatic rings. The number of ether oxygens (including phenoxy) is 4. The van der Waals surface area contributed by atoms with E-state index in [1.54, 1.807) is 31.4 Å². The van der Waals surface area contributed by atoms with Gasteiger partial charge in [-0.25, -0.2) is 0 Å². The van der Waals surface area contributed by atoms with Crippen LogP contribution in [-0.4, -0.2) is 113 Å². The molecule has 3 saturated heterocycles. The second-order valence-electron chi connectivity index (χ2n) is 14.6. The maximum Gasteiger partial charge on any atom is 0.239 e. The van der Waals surface area contributed by atoms with E-state index in [2.05, 4.69) is 9.80 Å². The van der Waals surface area contributed by atoms with Crippen LogP contribution < -0.4 is 19.6 Å². The van der Waals surface area contributed by atoms with Crippen molar-refractivity contribution in [2.24, 2.45) is 0 Å². The Morgan fingerprint density at radius 1 is 0.981 bits per heavy atom. The zero-order chi connectivity index (χ0) is 36.9. The molecule has 284 valence electrons. The average molecular weight is 723 g/mol. The molecular weight excluding hydrogens is 668 g/mol. The summed E-state index contributed by atoms with van der Waals surface area (Å²) in [5.41, 5.74) is 1.54. The molecule has 3 fully saturated rings. The van der Waals surface area contributed by atoms with Gasteiger partial charge in [-0.2, -0.15) is 0 Å². The molecule has 3 aliphatic rings. The van der Waals surface area contributed by atoms with E-state index < -0.39 is 36.1 Å². The molecule has 0 bridgehead atoms. The van der Waals surface area contributed by atoms with E-state index in [9.17, 15) is 25.2 Å². The van der Waals surface area contributed by atoms with Crippen molar-refractivity contribution in [3.8, 4) is 34.3 Å². The fraction of sp³-hybridized carbons (Fsp3) is 0.575. The number of methoxy groups -OCH3 is 1. The van der Waals surface area contributed by atoms with Gasteiger partial charge in [0.2, 0.25) is 17.5 Å². The number of benzene rings is 2. The Morgan fingerprint density at radius 3 is 2.37 bits per heavy atom. The first-order chi connectivity index (χ1) is 25.0. The molecule has 0 saturated carbocycles. The number of hydrogen-bond acceptors (Lipinski definition) is 12. The van der Waals surface area contributed by atoms with Gasteiger partial charge in [0.25, 0.3) is 0 Å². The molecule has 3 aliphatic heterocycles. The largest absolute Gasteiger partial charge is 0.507 e. The van der Waals surface area contributed by atoms with Gasteiger partial charge in [-0.3, -0.25) is 4.79 Å². The molecule has 12 nitrogen and oxygen atoms in total. The lowest BCUT2D eigenvalue weighted by Crippen LogP contribution is -2.58. The predicted molar refractivity (Wildman–Crippen MR) is 197 cm³/mol. The van der Waals surface area contributed by atoms with E-state index in [-0.39, 0.29) is 28.2 Å². The highest BCUT2D eigenvalue weighted by atomic mass is 16.7. The lowest BCUT2D eigenvalue weighted by molar-refractivity contribution is -0.268. The highest BCUT2D eigenvalue weighted by Gasteiger charge is 2.44. The summed E-state index contributed by atoms with van der Waals surface area (Å²) in [6, 6.07) is 8.94. The molecule has 0 radical (unpaired) electrons. The summed E-state index contributed by atoms with van der Waals surface area (Å²) in [5.74, 6) is 0.335. The Hall–Kier alpha value is -3.65. The van der Waals surface area contributed by atoms with Crippen LogP contribution in [0.15, 0.2) is 51.2 Å². The standard InChI is InChI=1S/C40H54N2O10/c1-24(2)9-14-29-31(49-22-8-17-41-20-15-27(16-21-41)42-18-6-5-7-19-42)23-30(43)32-34(45)39(52-40-36(47)35(46)33(44)25(3)50-40)37(51-38(29)32)26-10-12-28(48-4)13-11-26/h9-13,23,25,27,33,35-36,40,43-44,46-47H,5-8,14-22H2,1-4H3/t25-,33-,35+,36+,40-/m1/s1. The van der Waals surface area contributed by atoms with E-state index in [4.69, 9.17) is 23.4 Å². The molecule has 1 aromatic heterocycles. The molecule has 0 amide bonds. The van der Waals surface area contributed by atoms with Gasteiger partial charge in [0.05, 0.1) is 19.8 Å². The fourth-order valence-electron chi connectivity index (χ4n) is 7.52. The normalized spacial score (nSPS) is 24.9. The van der Waals surface area contributed by atoms with Crippen LogP contribution in [0.1, 0.15) is 64.9 Å². The number of hydrogen-bond donors (Lipinski definition) is 4. The summed E-state index contributed by atoms with van der Waals surface area (Å²) < 4.78 is 29.9. The smallest absolute Gasteiger partial charge is 0.239 e. The molecule has 5 atom stereocenters. The molecule has 0 aliphatic carbocycles. The Morgan fingerprint density at radius 2 is 1.69 bits per heavy atom. The number of aliphatic hydroxyl groups excluding tert-OH is 3. The summed E-state index contributed by atoms with van der Waals surface area (Å²) in [4.78, 5) is 19.5. The van der Waals surface area contributed by atoms with Crippen molar-refractivity contribution >= 4 is 11.0 Å². The summed E-state index contributed by atoms with van der Waals surface area (Å²) in [6.07, 6.45) is 2.50. The predicted octanol–water partition coefficient (Wildman–Crippen LogP) is 4.61. The van der Waals surface area contributed by atoms with E-state index >= 15 is 0 Å². The number of phenols is 1. The van der Waals surface area contributed by atoms with Gasteiger partial charge >= 0.3 is 0 Å². The fourth-order valence-corrected chi connectivity index (χ4v) is 7.52. The Kier molecular flexibility index (Phi) is 12.5. The second-order valence-corrected chi connectivity index (χ2v) is 14.6. The molecular formula is C40H54N2O10. The summed E-state index contributed by atoms with van der Waals surface area (Å²) >= 11 is 0. The number of fused-ring (bicyclic) bond motifs is 1. The van der Waals surface area contributed by atoms with Crippen LogP contribution in [0.5, 0.6) is 23.0 Å². The molecule has 6 rings (SSSR count). The van der Waals surface area contributed by atoms with Gasteiger partial charge in [0.15, 0.2) is 5.76 Å². The van der Waals surface area contributed by atoms with Crippen LogP contribution in [0.3, 0.4) is 0 Å². The minimum absolute atomic E-state index is 0.0205. The van der Waals surface area contributed by atoms with E-state index in [0.29, 0.717) is 41.7 Å². The third kappa shape index (κ3) is 8.43. The first kappa shape index (κ1) is 38.1. The second kappa shape index (κ2) is 17.0. The van der Waals surface area contributed by atoms with Crippen LogP contribution in [0.25, 0.3) is 22.3 Å². The van der Waals surface area contributed by atoms with Gasteiger partial charge < -0.3 is 53.6 Å². The topological polar surface area (TPSA) is 155 Å². The zero-order valence-electron chi connectivity index (χ0n) is 30.8. The lowest BCUT2D eigenvalue weighted by atomic mass is 10.00. The summed E-state index contributed by atoms with van der Waals surface area (Å²) in [6.45, 7) is 11.4. The van der Waals surface area contributed by atoms with Crippen LogP contribution in [0, 0.1) is 0 Å².